The largest absolute Gasteiger partial charge is 0.478 e. The summed E-state index contributed by atoms with van der Waals surface area (Å²) >= 11 is 1.52. The van der Waals surface area contributed by atoms with Crippen molar-refractivity contribution in [3.63, 3.8) is 0 Å². The Bertz CT molecular complexity index is 1330. The molecule has 7 nitrogen and oxygen atoms in total. The summed E-state index contributed by atoms with van der Waals surface area (Å²) in [6, 6.07) is 16.7. The summed E-state index contributed by atoms with van der Waals surface area (Å²) in [4.78, 5) is 36.1. The molecule has 0 spiro atoms. The van der Waals surface area contributed by atoms with Crippen LogP contribution in [0.15, 0.2) is 77.9 Å². The van der Waals surface area contributed by atoms with Gasteiger partial charge in [-0.05, 0) is 59.4 Å². The summed E-state index contributed by atoms with van der Waals surface area (Å²) in [6.45, 7) is 0.919. The molecule has 2 aromatic heterocycles. The van der Waals surface area contributed by atoms with E-state index in [1.54, 1.807) is 28.9 Å². The molecule has 4 aromatic rings. The van der Waals surface area contributed by atoms with Gasteiger partial charge in [-0.1, -0.05) is 30.3 Å². The average molecular weight is 485 g/mol. The highest BCUT2D eigenvalue weighted by atomic mass is 32.1. The number of aromatic carboxylic acids is 1. The number of rotatable bonds is 8. The van der Waals surface area contributed by atoms with Gasteiger partial charge in [0, 0.05) is 36.6 Å². The van der Waals surface area contributed by atoms with Crippen LogP contribution in [0.5, 0.6) is 0 Å². The lowest BCUT2D eigenvalue weighted by molar-refractivity contribution is -0.120. The Balaban J connectivity index is 1.49. The Labute approximate surface area is 207 Å². The Morgan fingerprint density at radius 1 is 1.09 bits per heavy atom. The smallest absolute Gasteiger partial charge is 0.336 e. The summed E-state index contributed by atoms with van der Waals surface area (Å²) in [6.07, 6.45) is 4.36. The number of hydrogen-bond acceptors (Lipinski definition) is 6. The van der Waals surface area contributed by atoms with Crippen LogP contribution >= 0.6 is 11.3 Å². The molecule has 1 aliphatic rings. The minimum atomic E-state index is -0.992. The van der Waals surface area contributed by atoms with E-state index in [-0.39, 0.29) is 11.5 Å². The van der Waals surface area contributed by atoms with Gasteiger partial charge in [0.05, 0.1) is 22.8 Å². The Morgan fingerprint density at radius 3 is 2.60 bits per heavy atom. The van der Waals surface area contributed by atoms with Gasteiger partial charge in [0.2, 0.25) is 5.91 Å². The highest BCUT2D eigenvalue weighted by Gasteiger charge is 2.33. The lowest BCUT2D eigenvalue weighted by atomic mass is 9.97. The summed E-state index contributed by atoms with van der Waals surface area (Å²) in [5.74, 6) is -1.07. The van der Waals surface area contributed by atoms with Crippen LogP contribution in [0.1, 0.15) is 27.2 Å². The zero-order valence-corrected chi connectivity index (χ0v) is 19.7. The standard InChI is InChI=1S/C27H24N4O3S/c32-26(24(12-18-4-2-1-3-5-18)29-15-21-16-35-17-30-21)31-11-8-22-23(27(33)34)13-20(14-25(22)31)19-6-9-28-10-7-19/h1-7,9-10,13-14,16-17,24,29H,8,11-12,15H2,(H,33,34). The zero-order chi connectivity index (χ0) is 24.2. The van der Waals surface area contributed by atoms with Crippen molar-refractivity contribution in [2.45, 2.75) is 25.4 Å². The number of aromatic nitrogens is 2. The number of anilines is 1. The van der Waals surface area contributed by atoms with Gasteiger partial charge in [-0.15, -0.1) is 11.3 Å². The highest BCUT2D eigenvalue weighted by Crippen LogP contribution is 2.36. The number of pyridine rings is 1. The lowest BCUT2D eigenvalue weighted by Gasteiger charge is -2.25. The van der Waals surface area contributed by atoms with E-state index in [1.807, 2.05) is 53.9 Å². The number of hydrogen-bond donors (Lipinski definition) is 2. The number of carbonyl (C=O) groups excluding carboxylic acids is 1. The maximum atomic E-state index is 13.9. The molecule has 3 heterocycles. The predicted octanol–water partition coefficient (Wildman–Crippen LogP) is 4.19. The second-order valence-corrected chi connectivity index (χ2v) is 9.12. The Morgan fingerprint density at radius 2 is 1.89 bits per heavy atom. The molecule has 8 heteroatoms. The van der Waals surface area contributed by atoms with E-state index >= 15 is 0 Å². The maximum Gasteiger partial charge on any atom is 0.336 e. The molecule has 176 valence electrons. The van der Waals surface area contributed by atoms with Gasteiger partial charge in [0.1, 0.15) is 0 Å². The molecule has 0 saturated carbocycles. The van der Waals surface area contributed by atoms with E-state index < -0.39 is 12.0 Å². The molecule has 1 atom stereocenters. The zero-order valence-electron chi connectivity index (χ0n) is 18.9. The number of nitrogens with zero attached hydrogens (tertiary/aromatic N) is 3. The summed E-state index contributed by atoms with van der Waals surface area (Å²) in [5, 5.41) is 15.3. The number of amides is 1. The number of benzene rings is 2. The topological polar surface area (TPSA) is 95.4 Å². The fourth-order valence-corrected chi connectivity index (χ4v) is 5.03. The van der Waals surface area contributed by atoms with Crippen molar-refractivity contribution in [3.05, 3.63) is 100 Å². The van der Waals surface area contributed by atoms with Crippen molar-refractivity contribution in [1.29, 1.82) is 0 Å². The van der Waals surface area contributed by atoms with Crippen molar-refractivity contribution in [2.24, 2.45) is 0 Å². The monoisotopic (exact) mass is 484 g/mol. The van der Waals surface area contributed by atoms with Crippen molar-refractivity contribution in [3.8, 4) is 11.1 Å². The van der Waals surface area contributed by atoms with E-state index in [0.717, 1.165) is 22.4 Å². The van der Waals surface area contributed by atoms with Crippen molar-refractivity contribution in [1.82, 2.24) is 15.3 Å². The molecule has 35 heavy (non-hydrogen) atoms. The molecule has 0 radical (unpaired) electrons. The third kappa shape index (κ3) is 4.99. The first-order valence-electron chi connectivity index (χ1n) is 11.4. The van der Waals surface area contributed by atoms with E-state index in [2.05, 4.69) is 15.3 Å². The van der Waals surface area contributed by atoms with E-state index in [0.29, 0.717) is 37.2 Å². The van der Waals surface area contributed by atoms with Gasteiger partial charge < -0.3 is 10.0 Å². The minimum absolute atomic E-state index is 0.0777. The lowest BCUT2D eigenvalue weighted by Crippen LogP contribution is -2.47. The van der Waals surface area contributed by atoms with Crippen LogP contribution < -0.4 is 10.2 Å². The van der Waals surface area contributed by atoms with Gasteiger partial charge in [0.15, 0.2) is 0 Å². The maximum absolute atomic E-state index is 13.9. The summed E-state index contributed by atoms with van der Waals surface area (Å²) in [7, 11) is 0. The van der Waals surface area contributed by atoms with Gasteiger partial charge in [0.25, 0.3) is 0 Å². The van der Waals surface area contributed by atoms with E-state index in [9.17, 15) is 14.7 Å². The van der Waals surface area contributed by atoms with Gasteiger partial charge in [-0.3, -0.25) is 15.1 Å². The van der Waals surface area contributed by atoms with Gasteiger partial charge in [-0.25, -0.2) is 9.78 Å². The molecule has 0 fully saturated rings. The first-order chi connectivity index (χ1) is 17.1. The van der Waals surface area contributed by atoms with Crippen molar-refractivity contribution >= 4 is 28.9 Å². The summed E-state index contributed by atoms with van der Waals surface area (Å²) in [5.41, 5.74) is 6.90. The normalized spacial score (nSPS) is 13.4. The molecular weight excluding hydrogens is 460 g/mol. The van der Waals surface area contributed by atoms with E-state index in [4.69, 9.17) is 0 Å². The molecule has 1 unspecified atom stereocenters. The first kappa shape index (κ1) is 22.9. The van der Waals surface area contributed by atoms with Crippen LogP contribution in [0.25, 0.3) is 11.1 Å². The third-order valence-electron chi connectivity index (χ3n) is 6.21. The van der Waals surface area contributed by atoms with Crippen molar-refractivity contribution in [2.75, 3.05) is 11.4 Å². The number of carboxylic acids is 1. The second-order valence-electron chi connectivity index (χ2n) is 8.41. The van der Waals surface area contributed by atoms with Gasteiger partial charge >= 0.3 is 5.97 Å². The Hall–Kier alpha value is -3.88. The third-order valence-corrected chi connectivity index (χ3v) is 6.84. The van der Waals surface area contributed by atoms with E-state index in [1.165, 1.54) is 11.3 Å². The molecular formula is C27H24N4O3S. The average Bonchev–Trinajstić information content (AvgIpc) is 3.56. The van der Waals surface area contributed by atoms with Gasteiger partial charge in [-0.2, -0.15) is 0 Å². The van der Waals surface area contributed by atoms with Crippen molar-refractivity contribution < 1.29 is 14.7 Å². The molecule has 2 aromatic carbocycles. The second kappa shape index (κ2) is 10.2. The molecule has 5 rings (SSSR count). The van der Waals surface area contributed by atoms with Crippen LogP contribution in [0.4, 0.5) is 5.69 Å². The molecule has 1 aliphatic heterocycles. The van der Waals surface area contributed by atoms with Crippen LogP contribution in [-0.4, -0.2) is 39.5 Å². The number of carbonyl (C=O) groups is 2. The number of carboxylic acid groups (broad SMARTS) is 1. The SMILES string of the molecule is O=C(O)c1cc(-c2ccncc2)cc2c1CCN2C(=O)C(Cc1ccccc1)NCc1cscn1. The van der Waals surface area contributed by atoms with Crippen LogP contribution in [0, 0.1) is 0 Å². The quantitative estimate of drug-likeness (QED) is 0.389. The minimum Gasteiger partial charge on any atom is -0.478 e. The number of fused-ring (bicyclic) bond motifs is 1. The molecule has 0 saturated heterocycles. The Kier molecular flexibility index (Phi) is 6.65. The molecule has 2 N–H and O–H groups in total. The number of nitrogens with one attached hydrogen (secondary N) is 1. The van der Waals surface area contributed by atoms with Crippen LogP contribution in [0.2, 0.25) is 0 Å². The predicted molar refractivity (Wildman–Crippen MR) is 136 cm³/mol. The molecule has 0 aliphatic carbocycles. The van der Waals surface area contributed by atoms with Crippen LogP contribution in [0.3, 0.4) is 0 Å². The highest BCUT2D eigenvalue weighted by molar-refractivity contribution is 7.07. The summed E-state index contributed by atoms with van der Waals surface area (Å²) < 4.78 is 0. The van der Waals surface area contributed by atoms with Crippen LogP contribution in [-0.2, 0) is 24.2 Å². The first-order valence-corrected chi connectivity index (χ1v) is 12.3. The fourth-order valence-electron chi connectivity index (χ4n) is 4.47. The number of thiazole rings is 1. The fraction of sp³-hybridized carbons (Fsp3) is 0.185. The molecule has 0 bridgehead atoms. The molecule has 1 amide bonds.